The van der Waals surface area contributed by atoms with Crippen LogP contribution in [-0.4, -0.2) is 41.8 Å². The largest absolute Gasteiger partial charge is 0.444 e. The van der Waals surface area contributed by atoms with Gasteiger partial charge in [0.1, 0.15) is 10.6 Å². The van der Waals surface area contributed by atoms with Crippen LogP contribution in [0.4, 0.5) is 4.79 Å². The Bertz CT molecular complexity index is 601. The highest BCUT2D eigenvalue weighted by Gasteiger charge is 2.18. The number of guanidine groups is 1. The molecule has 1 aromatic heterocycles. The summed E-state index contributed by atoms with van der Waals surface area (Å²) in [5.74, 6) is 0.734. The molecule has 1 heterocycles. The highest BCUT2D eigenvalue weighted by atomic mass is 127. The molecule has 0 aliphatic rings. The van der Waals surface area contributed by atoms with Gasteiger partial charge in [-0.05, 0) is 41.0 Å². The number of hydrogen-bond donors (Lipinski definition) is 3. The lowest BCUT2D eigenvalue weighted by Gasteiger charge is -2.24. The SMILES string of the molecule is CCCCC(CNC(=O)OC(C)(C)C)NC(=NCc1ncc(C)s1)NCC.I. The van der Waals surface area contributed by atoms with Crippen LogP contribution in [0.25, 0.3) is 0 Å². The van der Waals surface area contributed by atoms with Gasteiger partial charge in [0, 0.05) is 30.2 Å². The summed E-state index contributed by atoms with van der Waals surface area (Å²) < 4.78 is 5.32. The van der Waals surface area contributed by atoms with Gasteiger partial charge in [0.25, 0.3) is 0 Å². The average Bonchev–Trinajstić information content (AvgIpc) is 2.99. The Labute approximate surface area is 190 Å². The number of aliphatic imine (C=N–C) groups is 1. The number of unbranched alkanes of at least 4 members (excludes halogenated alkanes) is 1. The maximum atomic E-state index is 11.9. The second kappa shape index (κ2) is 14.0. The monoisotopic (exact) mass is 525 g/mol. The molecular formula is C19H36IN5O2S. The lowest BCUT2D eigenvalue weighted by molar-refractivity contribution is 0.0523. The number of thiazole rings is 1. The molecule has 1 amide bonds. The van der Waals surface area contributed by atoms with Gasteiger partial charge >= 0.3 is 6.09 Å². The Hall–Kier alpha value is -1.10. The predicted molar refractivity (Wildman–Crippen MR) is 128 cm³/mol. The summed E-state index contributed by atoms with van der Waals surface area (Å²) >= 11 is 1.65. The first kappa shape index (κ1) is 26.9. The van der Waals surface area contributed by atoms with Crippen molar-refractivity contribution >= 4 is 47.4 Å². The van der Waals surface area contributed by atoms with Gasteiger partial charge in [0.15, 0.2) is 5.96 Å². The molecule has 28 heavy (non-hydrogen) atoms. The Morgan fingerprint density at radius 1 is 1.32 bits per heavy atom. The molecule has 0 aliphatic carbocycles. The summed E-state index contributed by atoms with van der Waals surface area (Å²) in [5, 5.41) is 10.5. The van der Waals surface area contributed by atoms with Crippen LogP contribution in [0.15, 0.2) is 11.2 Å². The van der Waals surface area contributed by atoms with E-state index in [4.69, 9.17) is 4.74 Å². The van der Waals surface area contributed by atoms with Gasteiger partial charge in [0.2, 0.25) is 0 Å². The van der Waals surface area contributed by atoms with E-state index >= 15 is 0 Å². The molecule has 7 nitrogen and oxygen atoms in total. The van der Waals surface area contributed by atoms with Crippen molar-refractivity contribution in [3.63, 3.8) is 0 Å². The van der Waals surface area contributed by atoms with Crippen LogP contribution in [-0.2, 0) is 11.3 Å². The van der Waals surface area contributed by atoms with Crippen molar-refractivity contribution < 1.29 is 9.53 Å². The topological polar surface area (TPSA) is 87.6 Å². The lowest BCUT2D eigenvalue weighted by Crippen LogP contribution is -2.49. The number of carbonyl (C=O) groups is 1. The Kier molecular flexibility index (Phi) is 13.4. The zero-order chi connectivity index (χ0) is 20.3. The standard InChI is InChI=1S/C19H35N5O2S.HI/c1-7-9-10-15(12-23-18(25)26-19(4,5)6)24-17(20-8-2)22-13-16-21-11-14(3)27-16;/h11,15H,7-10,12-13H2,1-6H3,(H,23,25)(H2,20,22,24);1H. The molecule has 0 aromatic carbocycles. The summed E-state index contributed by atoms with van der Waals surface area (Å²) in [7, 11) is 0. The second-order valence-corrected chi connectivity index (χ2v) is 8.75. The molecule has 9 heteroatoms. The first-order chi connectivity index (χ1) is 12.7. The molecule has 1 unspecified atom stereocenters. The Morgan fingerprint density at radius 2 is 2.04 bits per heavy atom. The number of ether oxygens (including phenoxy) is 1. The summed E-state index contributed by atoms with van der Waals surface area (Å²) in [6.07, 6.45) is 4.57. The Balaban J connectivity index is 0.00000729. The zero-order valence-electron chi connectivity index (χ0n) is 17.9. The molecule has 3 N–H and O–H groups in total. The van der Waals surface area contributed by atoms with E-state index < -0.39 is 11.7 Å². The van der Waals surface area contributed by atoms with E-state index in [1.165, 1.54) is 4.88 Å². The Morgan fingerprint density at radius 3 is 2.57 bits per heavy atom. The number of amides is 1. The van der Waals surface area contributed by atoms with Gasteiger partial charge in [0.05, 0.1) is 6.54 Å². The third-order valence-corrected chi connectivity index (χ3v) is 4.42. The molecule has 0 spiro atoms. The fraction of sp³-hybridized carbons (Fsp3) is 0.737. The number of alkyl carbamates (subject to hydrolysis) is 1. The number of aromatic nitrogens is 1. The van der Waals surface area contributed by atoms with E-state index in [1.807, 2.05) is 40.8 Å². The van der Waals surface area contributed by atoms with Crippen LogP contribution < -0.4 is 16.0 Å². The number of hydrogen-bond acceptors (Lipinski definition) is 5. The first-order valence-corrected chi connectivity index (χ1v) is 10.5. The van der Waals surface area contributed by atoms with Crippen molar-refractivity contribution in [2.24, 2.45) is 4.99 Å². The number of nitrogens with zero attached hydrogens (tertiary/aromatic N) is 2. The molecule has 0 bridgehead atoms. The van der Waals surface area contributed by atoms with E-state index in [0.29, 0.717) is 13.1 Å². The number of rotatable bonds is 9. The highest BCUT2D eigenvalue weighted by molar-refractivity contribution is 14.0. The zero-order valence-corrected chi connectivity index (χ0v) is 21.1. The van der Waals surface area contributed by atoms with E-state index in [-0.39, 0.29) is 30.0 Å². The molecule has 162 valence electrons. The maximum Gasteiger partial charge on any atom is 0.407 e. The van der Waals surface area contributed by atoms with Gasteiger partial charge in [-0.3, -0.25) is 0 Å². The quantitative estimate of drug-likeness (QED) is 0.256. The second-order valence-electron chi connectivity index (χ2n) is 7.43. The van der Waals surface area contributed by atoms with E-state index in [0.717, 1.165) is 36.8 Å². The van der Waals surface area contributed by atoms with Gasteiger partial charge in [-0.2, -0.15) is 0 Å². The predicted octanol–water partition coefficient (Wildman–Crippen LogP) is 4.21. The summed E-state index contributed by atoms with van der Waals surface area (Å²) in [4.78, 5) is 22.1. The first-order valence-electron chi connectivity index (χ1n) is 9.66. The fourth-order valence-electron chi connectivity index (χ4n) is 2.33. The van der Waals surface area contributed by atoms with Crippen molar-refractivity contribution in [1.29, 1.82) is 0 Å². The number of aryl methyl sites for hydroxylation is 1. The number of nitrogens with one attached hydrogen (secondary N) is 3. The minimum atomic E-state index is -0.501. The van der Waals surface area contributed by atoms with Crippen LogP contribution in [0, 0.1) is 6.92 Å². The molecule has 1 rings (SSSR count). The number of carbonyl (C=O) groups excluding carboxylic acids is 1. The van der Waals surface area contributed by atoms with Gasteiger partial charge in [-0.1, -0.05) is 19.8 Å². The number of halogens is 1. The summed E-state index contributed by atoms with van der Waals surface area (Å²) in [6, 6.07) is 0.0771. The molecule has 0 radical (unpaired) electrons. The van der Waals surface area contributed by atoms with Crippen LogP contribution in [0.1, 0.15) is 63.8 Å². The normalized spacial score (nSPS) is 12.7. The lowest BCUT2D eigenvalue weighted by atomic mass is 10.1. The van der Waals surface area contributed by atoms with Crippen LogP contribution in [0.2, 0.25) is 0 Å². The minimum absolute atomic E-state index is 0. The fourth-order valence-corrected chi connectivity index (χ4v) is 3.04. The third kappa shape index (κ3) is 12.4. The molecular weight excluding hydrogens is 489 g/mol. The molecule has 0 aliphatic heterocycles. The van der Waals surface area contributed by atoms with E-state index in [2.05, 4.69) is 32.9 Å². The van der Waals surface area contributed by atoms with Crippen molar-refractivity contribution in [1.82, 2.24) is 20.9 Å². The van der Waals surface area contributed by atoms with Crippen molar-refractivity contribution in [2.45, 2.75) is 79.0 Å². The molecule has 1 aromatic rings. The average molecular weight is 526 g/mol. The van der Waals surface area contributed by atoms with Crippen LogP contribution in [0.3, 0.4) is 0 Å². The summed E-state index contributed by atoms with van der Waals surface area (Å²) in [5.41, 5.74) is -0.501. The van der Waals surface area contributed by atoms with E-state index in [9.17, 15) is 4.79 Å². The van der Waals surface area contributed by atoms with Gasteiger partial charge in [-0.15, -0.1) is 35.3 Å². The maximum absolute atomic E-state index is 11.9. The van der Waals surface area contributed by atoms with Gasteiger partial charge in [-0.25, -0.2) is 14.8 Å². The van der Waals surface area contributed by atoms with Crippen molar-refractivity contribution in [3.8, 4) is 0 Å². The smallest absolute Gasteiger partial charge is 0.407 e. The highest BCUT2D eigenvalue weighted by Crippen LogP contribution is 2.12. The minimum Gasteiger partial charge on any atom is -0.444 e. The summed E-state index contributed by atoms with van der Waals surface area (Å²) in [6.45, 7) is 13.6. The third-order valence-electron chi connectivity index (χ3n) is 3.52. The van der Waals surface area contributed by atoms with E-state index in [1.54, 1.807) is 11.3 Å². The molecule has 0 saturated carbocycles. The van der Waals surface area contributed by atoms with Crippen LogP contribution in [0.5, 0.6) is 0 Å². The molecule has 1 atom stereocenters. The van der Waals surface area contributed by atoms with Crippen molar-refractivity contribution in [3.05, 3.63) is 16.1 Å². The van der Waals surface area contributed by atoms with Gasteiger partial charge < -0.3 is 20.7 Å². The molecule has 0 saturated heterocycles. The van der Waals surface area contributed by atoms with Crippen molar-refractivity contribution in [2.75, 3.05) is 13.1 Å². The van der Waals surface area contributed by atoms with Crippen LogP contribution >= 0.6 is 35.3 Å². The molecule has 0 fully saturated rings.